The average Bonchev–Trinajstić information content (AvgIpc) is 2.86. The Kier molecular flexibility index (Phi) is 4.35. The number of aryl methyl sites for hydroxylation is 1. The van der Waals surface area contributed by atoms with Crippen LogP contribution in [0.3, 0.4) is 0 Å². The zero-order valence-electron chi connectivity index (χ0n) is 9.32. The number of hydrogen-bond acceptors (Lipinski definition) is 3. The molecule has 3 nitrogen and oxygen atoms in total. The summed E-state index contributed by atoms with van der Waals surface area (Å²) in [6.45, 7) is 2.54. The van der Waals surface area contributed by atoms with Crippen LogP contribution in [-0.4, -0.2) is 30.6 Å². The van der Waals surface area contributed by atoms with Crippen LogP contribution in [0.5, 0.6) is 0 Å². The maximum absolute atomic E-state index is 12.5. The Morgan fingerprint density at radius 1 is 1.59 bits per heavy atom. The van der Waals surface area contributed by atoms with E-state index in [-0.39, 0.29) is 6.04 Å². The highest BCUT2D eigenvalue weighted by atomic mass is 79.9. The molecule has 0 bridgehead atoms. The maximum atomic E-state index is 12.5. The molecule has 1 aliphatic heterocycles. The Balaban J connectivity index is 2.36. The molecule has 0 N–H and O–H groups in total. The molecule has 1 fully saturated rings. The lowest BCUT2D eigenvalue weighted by Crippen LogP contribution is -2.36. The van der Waals surface area contributed by atoms with Gasteiger partial charge in [-0.25, -0.2) is 8.42 Å². The third kappa shape index (κ3) is 2.63. The Morgan fingerprint density at radius 3 is 2.82 bits per heavy atom. The van der Waals surface area contributed by atoms with Crippen molar-refractivity contribution >= 4 is 53.2 Å². The summed E-state index contributed by atoms with van der Waals surface area (Å²) < 4.78 is 27.9. The summed E-state index contributed by atoms with van der Waals surface area (Å²) in [6, 6.07) is 1.84. The van der Waals surface area contributed by atoms with Crippen LogP contribution in [0.4, 0.5) is 0 Å². The van der Waals surface area contributed by atoms with Crippen LogP contribution in [0.25, 0.3) is 0 Å². The highest BCUT2D eigenvalue weighted by molar-refractivity contribution is 9.11. The first-order valence-corrected chi connectivity index (χ1v) is 9.47. The summed E-state index contributed by atoms with van der Waals surface area (Å²) in [5.41, 5.74) is 0.975. The molecule has 17 heavy (non-hydrogen) atoms. The van der Waals surface area contributed by atoms with E-state index >= 15 is 0 Å². The standard InChI is InChI=1S/C10H13Br2NO2S2/c1-7-5-9(16-10(7)12)17(14,15)13-4-2-3-8(13)6-11/h5,8H,2-4,6H2,1H3. The quantitative estimate of drug-likeness (QED) is 0.726. The van der Waals surface area contributed by atoms with E-state index < -0.39 is 10.0 Å². The number of alkyl halides is 1. The van der Waals surface area contributed by atoms with E-state index in [2.05, 4.69) is 31.9 Å². The van der Waals surface area contributed by atoms with Gasteiger partial charge in [-0.15, -0.1) is 11.3 Å². The van der Waals surface area contributed by atoms with E-state index in [9.17, 15) is 8.42 Å². The van der Waals surface area contributed by atoms with Crippen molar-refractivity contribution < 1.29 is 8.42 Å². The third-order valence-electron chi connectivity index (χ3n) is 2.90. The van der Waals surface area contributed by atoms with Gasteiger partial charge in [-0.05, 0) is 47.3 Å². The summed E-state index contributed by atoms with van der Waals surface area (Å²) in [6.07, 6.45) is 1.89. The van der Waals surface area contributed by atoms with Crippen molar-refractivity contribution in [2.45, 2.75) is 30.0 Å². The van der Waals surface area contributed by atoms with E-state index in [1.165, 1.54) is 11.3 Å². The molecule has 0 spiro atoms. The highest BCUT2D eigenvalue weighted by Gasteiger charge is 2.35. The van der Waals surface area contributed by atoms with Gasteiger partial charge in [0.05, 0.1) is 3.79 Å². The van der Waals surface area contributed by atoms with Crippen molar-refractivity contribution in [2.75, 3.05) is 11.9 Å². The number of rotatable bonds is 3. The van der Waals surface area contributed by atoms with Crippen LogP contribution in [-0.2, 0) is 10.0 Å². The first kappa shape index (κ1) is 14.0. The van der Waals surface area contributed by atoms with Crippen LogP contribution in [0.2, 0.25) is 0 Å². The average molecular weight is 403 g/mol. The topological polar surface area (TPSA) is 37.4 Å². The smallest absolute Gasteiger partial charge is 0.206 e. The second-order valence-corrected chi connectivity index (χ2v) is 9.22. The van der Waals surface area contributed by atoms with Crippen molar-refractivity contribution in [2.24, 2.45) is 0 Å². The summed E-state index contributed by atoms with van der Waals surface area (Å²) in [5.74, 6) is 0. The van der Waals surface area contributed by atoms with Crippen LogP contribution < -0.4 is 0 Å². The fourth-order valence-corrected chi connectivity index (χ4v) is 6.87. The molecular formula is C10H13Br2NO2S2. The van der Waals surface area contributed by atoms with Crippen molar-refractivity contribution in [3.05, 3.63) is 15.4 Å². The lowest BCUT2D eigenvalue weighted by atomic mass is 10.3. The van der Waals surface area contributed by atoms with Crippen molar-refractivity contribution in [3.63, 3.8) is 0 Å². The van der Waals surface area contributed by atoms with E-state index in [0.717, 1.165) is 22.2 Å². The molecule has 1 aromatic rings. The largest absolute Gasteiger partial charge is 0.252 e. The number of sulfonamides is 1. The predicted molar refractivity (Wildman–Crippen MR) is 77.5 cm³/mol. The summed E-state index contributed by atoms with van der Waals surface area (Å²) >= 11 is 8.06. The molecule has 0 aromatic carbocycles. The zero-order valence-corrected chi connectivity index (χ0v) is 14.1. The van der Waals surface area contributed by atoms with E-state index in [1.54, 1.807) is 10.4 Å². The minimum atomic E-state index is -3.31. The summed E-state index contributed by atoms with van der Waals surface area (Å²) in [7, 11) is -3.31. The maximum Gasteiger partial charge on any atom is 0.252 e. The molecule has 1 unspecified atom stereocenters. The molecular weight excluding hydrogens is 390 g/mol. The predicted octanol–water partition coefficient (Wildman–Crippen LogP) is 3.37. The van der Waals surface area contributed by atoms with Crippen molar-refractivity contribution in [1.29, 1.82) is 0 Å². The first-order chi connectivity index (χ1) is 7.96. The molecule has 0 aliphatic carbocycles. The lowest BCUT2D eigenvalue weighted by molar-refractivity contribution is 0.415. The van der Waals surface area contributed by atoms with Crippen LogP contribution in [0.1, 0.15) is 18.4 Å². The Bertz CT molecular complexity index is 493. The monoisotopic (exact) mass is 401 g/mol. The molecule has 0 saturated carbocycles. The highest BCUT2D eigenvalue weighted by Crippen LogP contribution is 2.35. The fraction of sp³-hybridized carbons (Fsp3) is 0.600. The molecule has 1 atom stereocenters. The van der Waals surface area contributed by atoms with Gasteiger partial charge in [-0.1, -0.05) is 15.9 Å². The van der Waals surface area contributed by atoms with Gasteiger partial charge in [0, 0.05) is 17.9 Å². The second kappa shape index (κ2) is 5.28. The van der Waals surface area contributed by atoms with Crippen LogP contribution >= 0.6 is 43.2 Å². The Hall–Kier alpha value is 0.570. The van der Waals surface area contributed by atoms with Gasteiger partial charge in [-0.2, -0.15) is 4.31 Å². The normalized spacial score (nSPS) is 22.2. The van der Waals surface area contributed by atoms with Crippen LogP contribution in [0, 0.1) is 6.92 Å². The number of thiophene rings is 1. The fourth-order valence-electron chi connectivity index (χ4n) is 1.95. The first-order valence-electron chi connectivity index (χ1n) is 5.30. The minimum Gasteiger partial charge on any atom is -0.206 e. The molecule has 96 valence electrons. The third-order valence-corrected chi connectivity index (χ3v) is 8.18. The van der Waals surface area contributed by atoms with Gasteiger partial charge < -0.3 is 0 Å². The van der Waals surface area contributed by atoms with Gasteiger partial charge in [0.1, 0.15) is 4.21 Å². The minimum absolute atomic E-state index is 0.0983. The van der Waals surface area contributed by atoms with E-state index in [1.807, 2.05) is 6.92 Å². The number of hydrogen-bond donors (Lipinski definition) is 0. The second-order valence-electron chi connectivity index (χ2n) is 4.09. The molecule has 2 rings (SSSR count). The van der Waals surface area contributed by atoms with Gasteiger partial charge in [-0.3, -0.25) is 0 Å². The van der Waals surface area contributed by atoms with E-state index in [0.29, 0.717) is 16.1 Å². The van der Waals surface area contributed by atoms with Crippen molar-refractivity contribution in [3.8, 4) is 0 Å². The number of nitrogens with zero attached hydrogens (tertiary/aromatic N) is 1. The van der Waals surface area contributed by atoms with Crippen molar-refractivity contribution in [1.82, 2.24) is 4.31 Å². The molecule has 1 aromatic heterocycles. The summed E-state index contributed by atoms with van der Waals surface area (Å²) in [4.78, 5) is 0. The molecule has 1 saturated heterocycles. The molecule has 0 radical (unpaired) electrons. The van der Waals surface area contributed by atoms with E-state index in [4.69, 9.17) is 0 Å². The Morgan fingerprint density at radius 2 is 2.29 bits per heavy atom. The Labute approximate surface area is 123 Å². The molecule has 7 heteroatoms. The lowest BCUT2D eigenvalue weighted by Gasteiger charge is -2.21. The van der Waals surface area contributed by atoms with Gasteiger partial charge in [0.2, 0.25) is 0 Å². The molecule has 0 amide bonds. The number of halogens is 2. The van der Waals surface area contributed by atoms with Gasteiger partial charge >= 0.3 is 0 Å². The zero-order chi connectivity index (χ0) is 12.6. The van der Waals surface area contributed by atoms with Crippen LogP contribution in [0.15, 0.2) is 14.1 Å². The van der Waals surface area contributed by atoms with Gasteiger partial charge in [0.25, 0.3) is 10.0 Å². The molecule has 2 heterocycles. The van der Waals surface area contributed by atoms with Gasteiger partial charge in [0.15, 0.2) is 0 Å². The SMILES string of the molecule is Cc1cc(S(=O)(=O)N2CCCC2CBr)sc1Br. The summed E-state index contributed by atoms with van der Waals surface area (Å²) in [5, 5.41) is 0.706. The molecule has 1 aliphatic rings.